The van der Waals surface area contributed by atoms with Crippen molar-refractivity contribution in [1.82, 2.24) is 5.32 Å². The Labute approximate surface area is 103 Å². The van der Waals surface area contributed by atoms with Crippen molar-refractivity contribution >= 4 is 23.1 Å². The Morgan fingerprint density at radius 1 is 1.44 bits per heavy atom. The number of amides is 1. The lowest BCUT2D eigenvalue weighted by Gasteiger charge is -2.29. The first-order valence-corrected chi connectivity index (χ1v) is 5.74. The molecule has 3 N–H and O–H groups in total. The van der Waals surface area contributed by atoms with E-state index >= 15 is 0 Å². The number of methoxy groups -OCH3 is 1. The second-order valence-corrected chi connectivity index (χ2v) is 5.16. The molecule has 0 aliphatic rings. The fourth-order valence-electron chi connectivity index (χ4n) is 0.973. The molecule has 0 aromatic carbocycles. The van der Waals surface area contributed by atoms with Crippen LogP contribution in [0.25, 0.3) is 0 Å². The van der Waals surface area contributed by atoms with Gasteiger partial charge in [0, 0.05) is 19.1 Å². The van der Waals surface area contributed by atoms with E-state index in [1.54, 1.807) is 6.92 Å². The van der Waals surface area contributed by atoms with Crippen LogP contribution in [0.1, 0.15) is 34.1 Å². The molecule has 1 amide bonds. The Morgan fingerprint density at radius 3 is 2.25 bits per heavy atom. The second-order valence-electron chi connectivity index (χ2n) is 4.72. The molecule has 1 atom stereocenters. The summed E-state index contributed by atoms with van der Waals surface area (Å²) in [6.45, 7) is 7.87. The lowest BCUT2D eigenvalue weighted by molar-refractivity contribution is -0.142. The van der Waals surface area contributed by atoms with Crippen LogP contribution in [0.5, 0.6) is 0 Å². The Kier molecular flexibility index (Phi) is 5.35. The topological polar surface area (TPSA) is 64.3 Å². The number of rotatable bonds is 6. The van der Waals surface area contributed by atoms with Gasteiger partial charge >= 0.3 is 0 Å². The van der Waals surface area contributed by atoms with E-state index in [9.17, 15) is 4.79 Å². The van der Waals surface area contributed by atoms with Gasteiger partial charge in [-0.3, -0.25) is 4.79 Å². The number of hydrogen-bond acceptors (Lipinski definition) is 3. The minimum atomic E-state index is -0.785. The number of nitrogens with one attached hydrogen (secondary N) is 1. The van der Waals surface area contributed by atoms with Gasteiger partial charge in [-0.05, 0) is 13.3 Å². The Hall–Kier alpha value is -0.680. The Bertz CT molecular complexity index is 273. The molecule has 16 heavy (non-hydrogen) atoms. The maximum Gasteiger partial charge on any atom is 0.251 e. The van der Waals surface area contributed by atoms with Crippen molar-refractivity contribution in [1.29, 1.82) is 0 Å². The van der Waals surface area contributed by atoms with Gasteiger partial charge < -0.3 is 15.8 Å². The van der Waals surface area contributed by atoms with Crippen molar-refractivity contribution in [3.63, 3.8) is 0 Å². The van der Waals surface area contributed by atoms with Crippen LogP contribution in [0.3, 0.4) is 0 Å². The molecular formula is C11H22N2O2S. The number of nitrogens with two attached hydrogens (primary N) is 1. The summed E-state index contributed by atoms with van der Waals surface area (Å²) < 4.78 is 5.20. The highest BCUT2D eigenvalue weighted by molar-refractivity contribution is 7.80. The molecule has 0 saturated carbocycles. The van der Waals surface area contributed by atoms with Crippen molar-refractivity contribution in [3.05, 3.63) is 0 Å². The van der Waals surface area contributed by atoms with Crippen LogP contribution in [0, 0.1) is 5.41 Å². The van der Waals surface area contributed by atoms with Gasteiger partial charge in [-0.2, -0.15) is 0 Å². The zero-order valence-corrected chi connectivity index (χ0v) is 11.5. The van der Waals surface area contributed by atoms with Crippen LogP contribution in [0.15, 0.2) is 0 Å². The van der Waals surface area contributed by atoms with E-state index in [4.69, 9.17) is 22.7 Å². The molecule has 0 spiro atoms. The fourth-order valence-corrected chi connectivity index (χ4v) is 1.05. The molecular weight excluding hydrogens is 224 g/mol. The summed E-state index contributed by atoms with van der Waals surface area (Å²) in [6.07, 6.45) is 0.614. The van der Waals surface area contributed by atoms with Gasteiger partial charge in [0.1, 0.15) is 5.60 Å². The third-order valence-corrected chi connectivity index (χ3v) is 3.52. The van der Waals surface area contributed by atoms with E-state index in [-0.39, 0.29) is 11.3 Å². The van der Waals surface area contributed by atoms with Gasteiger partial charge in [0.25, 0.3) is 5.91 Å². The van der Waals surface area contributed by atoms with Crippen LogP contribution < -0.4 is 11.1 Å². The molecule has 0 aromatic heterocycles. The molecule has 1 unspecified atom stereocenters. The van der Waals surface area contributed by atoms with E-state index in [1.165, 1.54) is 7.11 Å². The minimum Gasteiger partial charge on any atom is -0.393 e. The van der Waals surface area contributed by atoms with Crippen molar-refractivity contribution < 1.29 is 9.53 Å². The predicted octanol–water partition coefficient (Wildman–Crippen LogP) is 1.23. The highest BCUT2D eigenvalue weighted by Crippen LogP contribution is 2.17. The number of hydrogen-bond donors (Lipinski definition) is 2. The number of carbonyl (C=O) groups excluding carboxylic acids is 1. The smallest absolute Gasteiger partial charge is 0.251 e. The van der Waals surface area contributed by atoms with E-state index in [2.05, 4.69) is 5.32 Å². The maximum atomic E-state index is 11.9. The van der Waals surface area contributed by atoms with Crippen LogP contribution in [0.4, 0.5) is 0 Å². The monoisotopic (exact) mass is 246 g/mol. The zero-order valence-electron chi connectivity index (χ0n) is 10.7. The first kappa shape index (κ1) is 15.3. The van der Waals surface area contributed by atoms with Crippen molar-refractivity contribution in [2.75, 3.05) is 13.7 Å². The molecule has 0 radical (unpaired) electrons. The van der Waals surface area contributed by atoms with Crippen LogP contribution in [-0.4, -0.2) is 30.2 Å². The molecule has 5 heteroatoms. The lowest BCUT2D eigenvalue weighted by Crippen LogP contribution is -2.50. The van der Waals surface area contributed by atoms with Crippen LogP contribution in [0.2, 0.25) is 0 Å². The summed E-state index contributed by atoms with van der Waals surface area (Å²) in [5, 5.41) is 2.82. The molecule has 0 heterocycles. The summed E-state index contributed by atoms with van der Waals surface area (Å²) >= 11 is 4.93. The average Bonchev–Trinajstić information content (AvgIpc) is 2.24. The summed E-state index contributed by atoms with van der Waals surface area (Å²) in [7, 11) is 1.53. The number of ether oxygens (including phenoxy) is 1. The Morgan fingerprint density at radius 2 is 1.94 bits per heavy atom. The number of thiocarbonyl (C=S) groups is 1. The summed E-state index contributed by atoms with van der Waals surface area (Å²) in [5.41, 5.74) is 4.41. The maximum absolute atomic E-state index is 11.9. The van der Waals surface area contributed by atoms with Gasteiger partial charge in [-0.25, -0.2) is 0 Å². The molecule has 0 fully saturated rings. The van der Waals surface area contributed by atoms with Gasteiger partial charge in [-0.1, -0.05) is 33.0 Å². The summed E-state index contributed by atoms with van der Waals surface area (Å²) in [6, 6.07) is 0. The molecule has 0 bridgehead atoms. The largest absolute Gasteiger partial charge is 0.393 e. The molecule has 94 valence electrons. The standard InChI is InChI=1S/C11H22N2O2S/c1-6-11(4,15-5)9(14)13-7-10(2,3)8(12)16/h6-7H2,1-5H3,(H2,12,16)(H,13,14). The van der Waals surface area contributed by atoms with Crippen LogP contribution in [-0.2, 0) is 9.53 Å². The molecule has 0 aliphatic carbocycles. The lowest BCUT2D eigenvalue weighted by atomic mass is 9.93. The van der Waals surface area contributed by atoms with Gasteiger partial charge in [0.05, 0.1) is 4.99 Å². The van der Waals surface area contributed by atoms with Crippen molar-refractivity contribution in [3.8, 4) is 0 Å². The Balaban J connectivity index is 4.43. The first-order valence-electron chi connectivity index (χ1n) is 5.33. The normalized spacial score (nSPS) is 15.3. The average molecular weight is 246 g/mol. The van der Waals surface area contributed by atoms with Crippen LogP contribution >= 0.6 is 12.2 Å². The predicted molar refractivity (Wildman–Crippen MR) is 69.3 cm³/mol. The molecule has 0 aliphatic heterocycles. The molecule has 0 aromatic rings. The highest BCUT2D eigenvalue weighted by atomic mass is 32.1. The third kappa shape index (κ3) is 3.72. The van der Waals surface area contributed by atoms with Gasteiger partial charge in [-0.15, -0.1) is 0 Å². The number of carbonyl (C=O) groups is 1. The summed E-state index contributed by atoms with van der Waals surface area (Å²) in [4.78, 5) is 12.3. The van der Waals surface area contributed by atoms with E-state index < -0.39 is 5.60 Å². The molecule has 4 nitrogen and oxygen atoms in total. The van der Waals surface area contributed by atoms with Gasteiger partial charge in [0.15, 0.2) is 0 Å². The van der Waals surface area contributed by atoms with E-state index in [0.717, 1.165) is 0 Å². The fraction of sp³-hybridized carbons (Fsp3) is 0.818. The SMILES string of the molecule is CCC(C)(OC)C(=O)NCC(C)(C)C(N)=S. The minimum absolute atomic E-state index is 0.137. The van der Waals surface area contributed by atoms with Gasteiger partial charge in [0.2, 0.25) is 0 Å². The highest BCUT2D eigenvalue weighted by Gasteiger charge is 2.32. The van der Waals surface area contributed by atoms with Crippen molar-refractivity contribution in [2.24, 2.45) is 11.1 Å². The van der Waals surface area contributed by atoms with E-state index in [0.29, 0.717) is 18.0 Å². The molecule has 0 saturated heterocycles. The zero-order chi connectivity index (χ0) is 13.0. The van der Waals surface area contributed by atoms with Crippen molar-refractivity contribution in [2.45, 2.75) is 39.7 Å². The van der Waals surface area contributed by atoms with E-state index in [1.807, 2.05) is 20.8 Å². The first-order chi connectivity index (χ1) is 7.19. The molecule has 0 rings (SSSR count). The third-order valence-electron chi connectivity index (χ3n) is 2.96. The summed E-state index contributed by atoms with van der Waals surface area (Å²) in [5.74, 6) is -0.137. The second kappa shape index (κ2) is 5.59. The quantitative estimate of drug-likeness (QED) is 0.692.